The normalized spacial score (nSPS) is 11.6. The second kappa shape index (κ2) is 7.14. The van der Waals surface area contributed by atoms with Crippen LogP contribution >= 0.6 is 12.4 Å². The zero-order chi connectivity index (χ0) is 14.7. The van der Waals surface area contributed by atoms with Gasteiger partial charge in [-0.2, -0.15) is 9.90 Å². The number of carbonyl (C=O) groups is 1. The molecule has 2 rings (SSSR count). The lowest BCUT2D eigenvalue weighted by Gasteiger charge is -2.22. The molecule has 8 heteroatoms. The summed E-state index contributed by atoms with van der Waals surface area (Å²) in [5, 5.41) is 8.11. The van der Waals surface area contributed by atoms with Gasteiger partial charge in [-0.25, -0.2) is 4.39 Å². The van der Waals surface area contributed by atoms with Crippen LogP contribution in [0.1, 0.15) is 17.4 Å². The van der Waals surface area contributed by atoms with Gasteiger partial charge in [-0.05, 0) is 31.2 Å². The highest BCUT2D eigenvalue weighted by molar-refractivity contribution is 5.92. The van der Waals surface area contributed by atoms with Gasteiger partial charge in [0.15, 0.2) is 5.69 Å². The lowest BCUT2D eigenvalue weighted by atomic mass is 10.3. The molecule has 0 spiro atoms. The van der Waals surface area contributed by atoms with E-state index < -0.39 is 0 Å². The van der Waals surface area contributed by atoms with Gasteiger partial charge in [-0.15, -0.1) is 17.5 Å². The summed E-state index contributed by atoms with van der Waals surface area (Å²) in [5.41, 5.74) is 6.33. The van der Waals surface area contributed by atoms with E-state index in [4.69, 9.17) is 5.73 Å². The molecule has 1 amide bonds. The lowest BCUT2D eigenvalue weighted by molar-refractivity contribution is 0.0742. The summed E-state index contributed by atoms with van der Waals surface area (Å²) in [7, 11) is 1.66. The molecule has 2 N–H and O–H groups in total. The van der Waals surface area contributed by atoms with Crippen molar-refractivity contribution in [2.75, 3.05) is 13.6 Å². The van der Waals surface area contributed by atoms with E-state index in [0.717, 1.165) is 0 Å². The second-order valence-corrected chi connectivity index (χ2v) is 4.50. The van der Waals surface area contributed by atoms with Crippen LogP contribution in [0.15, 0.2) is 30.5 Å². The van der Waals surface area contributed by atoms with Crippen LogP contribution < -0.4 is 5.73 Å². The second-order valence-electron chi connectivity index (χ2n) is 4.50. The molecule has 1 aromatic heterocycles. The summed E-state index contributed by atoms with van der Waals surface area (Å²) in [6, 6.07) is 5.61. The van der Waals surface area contributed by atoms with Gasteiger partial charge >= 0.3 is 0 Å². The summed E-state index contributed by atoms with van der Waals surface area (Å²) in [5.74, 6) is -0.593. The number of nitrogens with zero attached hydrogens (tertiary/aromatic N) is 4. The predicted octanol–water partition coefficient (Wildman–Crippen LogP) is 1.25. The third-order valence-electron chi connectivity index (χ3n) is 3.09. The summed E-state index contributed by atoms with van der Waals surface area (Å²) in [4.78, 5) is 14.9. The SMILES string of the molecule is CC(CN)N(C)C(=O)c1cnn(-c2ccc(F)cc2)n1.Cl. The van der Waals surface area contributed by atoms with E-state index in [2.05, 4.69) is 10.2 Å². The molecule has 0 saturated carbocycles. The van der Waals surface area contributed by atoms with Crippen LogP contribution in [0.2, 0.25) is 0 Å². The Morgan fingerprint density at radius 3 is 2.62 bits per heavy atom. The van der Waals surface area contributed by atoms with E-state index >= 15 is 0 Å². The Hall–Kier alpha value is -1.99. The third-order valence-corrected chi connectivity index (χ3v) is 3.09. The predicted molar refractivity (Wildman–Crippen MR) is 79.2 cm³/mol. The number of hydrogen-bond donors (Lipinski definition) is 1. The third kappa shape index (κ3) is 3.77. The smallest absolute Gasteiger partial charge is 0.276 e. The minimum atomic E-state index is -0.339. The number of hydrogen-bond acceptors (Lipinski definition) is 4. The van der Waals surface area contributed by atoms with Crippen LogP contribution in [0.4, 0.5) is 4.39 Å². The highest BCUT2D eigenvalue weighted by Gasteiger charge is 2.19. The number of aromatic nitrogens is 3. The zero-order valence-corrected chi connectivity index (χ0v) is 12.5. The first-order valence-corrected chi connectivity index (χ1v) is 6.18. The molecule has 1 unspecified atom stereocenters. The Balaban J connectivity index is 0.00000220. The molecule has 0 fully saturated rings. The van der Waals surface area contributed by atoms with E-state index in [1.54, 1.807) is 7.05 Å². The number of amides is 1. The van der Waals surface area contributed by atoms with Crippen LogP contribution in [-0.4, -0.2) is 45.4 Å². The molecule has 1 heterocycles. The van der Waals surface area contributed by atoms with E-state index in [1.807, 2.05) is 6.92 Å². The molecule has 0 saturated heterocycles. The summed E-state index contributed by atoms with van der Waals surface area (Å²) >= 11 is 0. The van der Waals surface area contributed by atoms with Gasteiger partial charge in [0.1, 0.15) is 5.82 Å². The number of rotatable bonds is 4. The van der Waals surface area contributed by atoms with Crippen LogP contribution in [0.3, 0.4) is 0 Å². The summed E-state index contributed by atoms with van der Waals surface area (Å²) in [6.07, 6.45) is 1.38. The number of benzene rings is 1. The van der Waals surface area contributed by atoms with Gasteiger partial charge in [0.2, 0.25) is 0 Å². The largest absolute Gasteiger partial charge is 0.336 e. The van der Waals surface area contributed by atoms with Gasteiger partial charge < -0.3 is 10.6 Å². The fourth-order valence-electron chi connectivity index (χ4n) is 1.60. The van der Waals surface area contributed by atoms with Crippen molar-refractivity contribution >= 4 is 18.3 Å². The van der Waals surface area contributed by atoms with Crippen molar-refractivity contribution < 1.29 is 9.18 Å². The molecule has 0 aliphatic carbocycles. The highest BCUT2D eigenvalue weighted by Crippen LogP contribution is 2.08. The molecule has 0 bridgehead atoms. The van der Waals surface area contributed by atoms with Crippen molar-refractivity contribution in [3.8, 4) is 5.69 Å². The maximum atomic E-state index is 12.8. The number of carbonyl (C=O) groups excluding carboxylic acids is 1. The van der Waals surface area contributed by atoms with E-state index in [-0.39, 0.29) is 35.9 Å². The van der Waals surface area contributed by atoms with Gasteiger partial charge in [-0.1, -0.05) is 0 Å². The molecule has 2 aromatic rings. The molecular formula is C13H17ClFN5O. The monoisotopic (exact) mass is 313 g/mol. The van der Waals surface area contributed by atoms with Crippen molar-refractivity contribution in [2.24, 2.45) is 5.73 Å². The van der Waals surface area contributed by atoms with Crippen LogP contribution in [0, 0.1) is 5.82 Å². The fourth-order valence-corrected chi connectivity index (χ4v) is 1.60. The minimum absolute atomic E-state index is 0. The lowest BCUT2D eigenvalue weighted by Crippen LogP contribution is -2.39. The van der Waals surface area contributed by atoms with Crippen LogP contribution in [0.5, 0.6) is 0 Å². The number of nitrogens with two attached hydrogens (primary N) is 1. The molecule has 1 aromatic carbocycles. The van der Waals surface area contributed by atoms with Gasteiger partial charge in [0.25, 0.3) is 5.91 Å². The van der Waals surface area contributed by atoms with Gasteiger partial charge in [0.05, 0.1) is 11.9 Å². The standard InChI is InChI=1S/C13H16FN5O.ClH/c1-9(7-15)18(2)13(20)12-8-16-19(17-12)11-5-3-10(14)4-6-11;/h3-6,8-9H,7,15H2,1-2H3;1H. The Kier molecular flexibility index (Phi) is 5.80. The number of likely N-dealkylation sites (N-methyl/N-ethyl adjacent to an activating group) is 1. The van der Waals surface area contributed by atoms with Crippen molar-refractivity contribution in [3.05, 3.63) is 42.0 Å². The van der Waals surface area contributed by atoms with E-state index in [0.29, 0.717) is 12.2 Å². The summed E-state index contributed by atoms with van der Waals surface area (Å²) in [6.45, 7) is 2.22. The van der Waals surface area contributed by atoms with Gasteiger partial charge in [0, 0.05) is 19.6 Å². The quantitative estimate of drug-likeness (QED) is 0.921. The van der Waals surface area contributed by atoms with E-state index in [9.17, 15) is 9.18 Å². The van der Waals surface area contributed by atoms with Crippen molar-refractivity contribution in [3.63, 3.8) is 0 Å². The van der Waals surface area contributed by atoms with Crippen molar-refractivity contribution in [1.82, 2.24) is 19.9 Å². The molecule has 21 heavy (non-hydrogen) atoms. The van der Waals surface area contributed by atoms with Crippen LogP contribution in [-0.2, 0) is 0 Å². The maximum absolute atomic E-state index is 12.8. The Bertz CT molecular complexity index is 601. The van der Waals surface area contributed by atoms with Crippen LogP contribution in [0.25, 0.3) is 5.69 Å². The molecule has 0 radical (unpaired) electrons. The highest BCUT2D eigenvalue weighted by atomic mass is 35.5. The molecule has 1 atom stereocenters. The zero-order valence-electron chi connectivity index (χ0n) is 11.7. The summed E-state index contributed by atoms with van der Waals surface area (Å²) < 4.78 is 12.8. The molecule has 0 aliphatic rings. The molecule has 114 valence electrons. The average Bonchev–Trinajstić information content (AvgIpc) is 2.95. The fraction of sp³-hybridized carbons (Fsp3) is 0.308. The maximum Gasteiger partial charge on any atom is 0.276 e. The minimum Gasteiger partial charge on any atom is -0.336 e. The Morgan fingerprint density at radius 1 is 1.43 bits per heavy atom. The van der Waals surface area contributed by atoms with Crippen molar-refractivity contribution in [1.29, 1.82) is 0 Å². The molecular weight excluding hydrogens is 297 g/mol. The molecule has 6 nitrogen and oxygen atoms in total. The van der Waals surface area contributed by atoms with Gasteiger partial charge in [-0.3, -0.25) is 4.79 Å². The Labute approximate surface area is 128 Å². The van der Waals surface area contributed by atoms with Crippen molar-refractivity contribution in [2.45, 2.75) is 13.0 Å². The Morgan fingerprint density at radius 2 is 2.05 bits per heavy atom. The average molecular weight is 314 g/mol. The topological polar surface area (TPSA) is 77.0 Å². The first-order chi connectivity index (χ1) is 9.52. The first-order valence-electron chi connectivity index (χ1n) is 6.18. The van der Waals surface area contributed by atoms with E-state index in [1.165, 1.54) is 40.2 Å². The molecule has 0 aliphatic heterocycles. The first kappa shape index (κ1) is 17.1. The number of halogens is 2.